The SMILES string of the molecule is C/C(=C(\c1ccc(O)cc1)c1ccc(OCCBr)cc1)c1ccccc1. The zero-order valence-electron chi connectivity index (χ0n) is 14.7. The number of benzene rings is 3. The molecule has 1 N–H and O–H groups in total. The summed E-state index contributed by atoms with van der Waals surface area (Å²) < 4.78 is 5.66. The van der Waals surface area contributed by atoms with Crippen LogP contribution in [0.4, 0.5) is 0 Å². The van der Waals surface area contributed by atoms with Crippen molar-refractivity contribution in [1.82, 2.24) is 0 Å². The molecule has 3 rings (SSSR count). The van der Waals surface area contributed by atoms with E-state index in [9.17, 15) is 5.11 Å². The number of aromatic hydroxyl groups is 1. The van der Waals surface area contributed by atoms with E-state index in [4.69, 9.17) is 4.74 Å². The molecular weight excluding hydrogens is 388 g/mol. The van der Waals surface area contributed by atoms with Gasteiger partial charge in [0.1, 0.15) is 11.5 Å². The number of alkyl halides is 1. The van der Waals surface area contributed by atoms with Gasteiger partial charge in [0.25, 0.3) is 0 Å². The number of ether oxygens (including phenoxy) is 1. The van der Waals surface area contributed by atoms with E-state index in [1.165, 1.54) is 11.1 Å². The van der Waals surface area contributed by atoms with Gasteiger partial charge in [0.2, 0.25) is 0 Å². The van der Waals surface area contributed by atoms with E-state index in [2.05, 4.69) is 47.1 Å². The van der Waals surface area contributed by atoms with E-state index in [1.807, 2.05) is 42.5 Å². The van der Waals surface area contributed by atoms with E-state index in [-0.39, 0.29) is 5.75 Å². The van der Waals surface area contributed by atoms with Crippen LogP contribution in [0.5, 0.6) is 11.5 Å². The lowest BCUT2D eigenvalue weighted by molar-refractivity contribution is 0.345. The Morgan fingerprint density at radius 1 is 0.808 bits per heavy atom. The van der Waals surface area contributed by atoms with E-state index in [0.717, 1.165) is 27.8 Å². The van der Waals surface area contributed by atoms with E-state index in [0.29, 0.717) is 6.61 Å². The van der Waals surface area contributed by atoms with Crippen LogP contribution < -0.4 is 4.74 Å². The largest absolute Gasteiger partial charge is 0.508 e. The monoisotopic (exact) mass is 408 g/mol. The third kappa shape index (κ3) is 4.36. The van der Waals surface area contributed by atoms with Crippen molar-refractivity contribution in [1.29, 1.82) is 0 Å². The lowest BCUT2D eigenvalue weighted by atomic mass is 9.90. The van der Waals surface area contributed by atoms with Gasteiger partial charge >= 0.3 is 0 Å². The summed E-state index contributed by atoms with van der Waals surface area (Å²) in [7, 11) is 0. The maximum Gasteiger partial charge on any atom is 0.119 e. The van der Waals surface area contributed by atoms with Gasteiger partial charge in [0.15, 0.2) is 0 Å². The van der Waals surface area contributed by atoms with Crippen molar-refractivity contribution in [3.8, 4) is 11.5 Å². The first-order valence-electron chi connectivity index (χ1n) is 8.54. The smallest absolute Gasteiger partial charge is 0.119 e. The van der Waals surface area contributed by atoms with Gasteiger partial charge in [-0.2, -0.15) is 0 Å². The Kier molecular flexibility index (Phi) is 6.13. The fraction of sp³-hybridized carbons (Fsp3) is 0.130. The number of hydrogen-bond donors (Lipinski definition) is 1. The molecule has 0 aromatic heterocycles. The van der Waals surface area contributed by atoms with Crippen LogP contribution in [0.15, 0.2) is 78.9 Å². The van der Waals surface area contributed by atoms with Crippen LogP contribution in [0.25, 0.3) is 11.1 Å². The Labute approximate surface area is 162 Å². The predicted octanol–water partition coefficient (Wildman–Crippen LogP) is 6.14. The van der Waals surface area contributed by atoms with E-state index >= 15 is 0 Å². The van der Waals surface area contributed by atoms with Crippen LogP contribution in [0.3, 0.4) is 0 Å². The minimum atomic E-state index is 0.268. The predicted molar refractivity (Wildman–Crippen MR) is 112 cm³/mol. The van der Waals surface area contributed by atoms with Gasteiger partial charge in [-0.1, -0.05) is 70.5 Å². The van der Waals surface area contributed by atoms with Crippen molar-refractivity contribution in [2.45, 2.75) is 6.92 Å². The van der Waals surface area contributed by atoms with Gasteiger partial charge in [0.05, 0.1) is 6.61 Å². The maximum absolute atomic E-state index is 9.65. The number of halogens is 1. The lowest BCUT2D eigenvalue weighted by Crippen LogP contribution is -1.98. The first-order chi connectivity index (χ1) is 12.7. The van der Waals surface area contributed by atoms with Gasteiger partial charge in [0, 0.05) is 5.33 Å². The van der Waals surface area contributed by atoms with Crippen molar-refractivity contribution >= 4 is 27.1 Å². The molecule has 0 radical (unpaired) electrons. The van der Waals surface area contributed by atoms with Gasteiger partial charge in [-0.25, -0.2) is 0 Å². The molecule has 0 amide bonds. The molecule has 0 aliphatic heterocycles. The Bertz CT molecular complexity index is 866. The van der Waals surface area contributed by atoms with Crippen molar-refractivity contribution in [2.75, 3.05) is 11.9 Å². The average Bonchev–Trinajstić information content (AvgIpc) is 2.69. The summed E-state index contributed by atoms with van der Waals surface area (Å²) in [5, 5.41) is 10.5. The summed E-state index contributed by atoms with van der Waals surface area (Å²) in [6.45, 7) is 2.77. The first-order valence-corrected chi connectivity index (χ1v) is 9.66. The van der Waals surface area contributed by atoms with Crippen LogP contribution in [-0.4, -0.2) is 17.0 Å². The van der Waals surface area contributed by atoms with Crippen molar-refractivity contribution in [2.24, 2.45) is 0 Å². The molecule has 3 aromatic rings. The molecule has 0 unspecified atom stereocenters. The molecule has 0 fully saturated rings. The molecule has 3 aromatic carbocycles. The zero-order valence-corrected chi connectivity index (χ0v) is 16.2. The summed E-state index contributed by atoms with van der Waals surface area (Å²) in [6.07, 6.45) is 0. The Morgan fingerprint density at radius 2 is 1.38 bits per heavy atom. The normalized spacial score (nSPS) is 11.8. The molecule has 0 aliphatic carbocycles. The average molecular weight is 409 g/mol. The molecule has 0 aliphatic rings. The molecule has 0 heterocycles. The molecule has 3 heteroatoms. The van der Waals surface area contributed by atoms with Gasteiger partial charge < -0.3 is 9.84 Å². The minimum Gasteiger partial charge on any atom is -0.508 e. The second kappa shape index (κ2) is 8.72. The van der Waals surface area contributed by atoms with Crippen molar-refractivity contribution in [3.63, 3.8) is 0 Å². The molecule has 0 bridgehead atoms. The summed E-state index contributed by atoms with van der Waals surface area (Å²) >= 11 is 3.37. The highest BCUT2D eigenvalue weighted by molar-refractivity contribution is 9.09. The molecule has 0 saturated carbocycles. The molecule has 0 spiro atoms. The topological polar surface area (TPSA) is 29.5 Å². The van der Waals surface area contributed by atoms with Gasteiger partial charge in [-0.3, -0.25) is 0 Å². The highest BCUT2D eigenvalue weighted by Gasteiger charge is 2.11. The standard InChI is InChI=1S/C23H21BrO2/c1-17(18-5-3-2-4-6-18)23(19-7-11-21(25)12-8-19)20-9-13-22(14-10-20)26-16-15-24/h2-14,25H,15-16H2,1H3/b23-17-. The second-order valence-electron chi connectivity index (χ2n) is 5.97. The van der Waals surface area contributed by atoms with Crippen LogP contribution in [-0.2, 0) is 0 Å². The molecular formula is C23H21BrO2. The van der Waals surface area contributed by atoms with Gasteiger partial charge in [-0.05, 0) is 59.0 Å². The first kappa shape index (κ1) is 18.3. The third-order valence-corrected chi connectivity index (χ3v) is 4.55. The Balaban J connectivity index is 2.07. The van der Waals surface area contributed by atoms with Crippen LogP contribution in [0.1, 0.15) is 23.6 Å². The summed E-state index contributed by atoms with van der Waals surface area (Å²) in [5.41, 5.74) is 5.69. The van der Waals surface area contributed by atoms with Crippen LogP contribution >= 0.6 is 15.9 Å². The Morgan fingerprint density at radius 3 is 1.96 bits per heavy atom. The molecule has 0 atom stereocenters. The number of phenolic OH excluding ortho intramolecular Hbond substituents is 1. The highest BCUT2D eigenvalue weighted by Crippen LogP contribution is 2.33. The third-order valence-electron chi connectivity index (χ3n) is 4.23. The summed E-state index contributed by atoms with van der Waals surface area (Å²) in [5.74, 6) is 1.12. The number of allylic oxidation sites excluding steroid dienone is 1. The number of rotatable bonds is 6. The second-order valence-corrected chi connectivity index (χ2v) is 6.77. The highest BCUT2D eigenvalue weighted by atomic mass is 79.9. The van der Waals surface area contributed by atoms with Crippen molar-refractivity contribution < 1.29 is 9.84 Å². The number of hydrogen-bond acceptors (Lipinski definition) is 2. The van der Waals surface area contributed by atoms with E-state index < -0.39 is 0 Å². The molecule has 0 saturated heterocycles. The van der Waals surface area contributed by atoms with Gasteiger partial charge in [-0.15, -0.1) is 0 Å². The fourth-order valence-corrected chi connectivity index (χ4v) is 3.10. The Hall–Kier alpha value is -2.52. The maximum atomic E-state index is 9.65. The molecule has 2 nitrogen and oxygen atoms in total. The molecule has 26 heavy (non-hydrogen) atoms. The zero-order chi connectivity index (χ0) is 18.4. The van der Waals surface area contributed by atoms with E-state index in [1.54, 1.807) is 12.1 Å². The summed E-state index contributed by atoms with van der Waals surface area (Å²) in [6, 6.07) is 25.8. The lowest BCUT2D eigenvalue weighted by Gasteiger charge is -2.15. The summed E-state index contributed by atoms with van der Waals surface area (Å²) in [4.78, 5) is 0. The molecule has 132 valence electrons. The fourth-order valence-electron chi connectivity index (χ4n) is 2.93. The number of phenols is 1. The minimum absolute atomic E-state index is 0.268. The van der Waals surface area contributed by atoms with Crippen molar-refractivity contribution in [3.05, 3.63) is 95.6 Å². The quantitative estimate of drug-likeness (QED) is 0.391. The van der Waals surface area contributed by atoms with Crippen LogP contribution in [0.2, 0.25) is 0 Å². The van der Waals surface area contributed by atoms with Crippen LogP contribution in [0, 0.1) is 0 Å².